The molecule has 14 heteroatoms. The molecule has 0 bridgehead atoms. The van der Waals surface area contributed by atoms with E-state index < -0.39 is 26.8 Å². The van der Waals surface area contributed by atoms with Crippen LogP contribution in [0.4, 0.5) is 11.4 Å². The van der Waals surface area contributed by atoms with Crippen molar-refractivity contribution in [2.24, 2.45) is 5.10 Å². The summed E-state index contributed by atoms with van der Waals surface area (Å²) in [4.78, 5) is 52.3. The molecule has 0 saturated carbocycles. The molecular weight excluding hydrogens is 464 g/mol. The Balaban J connectivity index is 1.74. The summed E-state index contributed by atoms with van der Waals surface area (Å²) in [5, 5.41) is 26.6. The zero-order chi connectivity index (χ0) is 25.1. The molecule has 0 radical (unpaired) electrons. The molecule has 35 heavy (non-hydrogen) atoms. The van der Waals surface area contributed by atoms with Crippen LogP contribution in [0.2, 0.25) is 0 Å². The highest BCUT2D eigenvalue weighted by Crippen LogP contribution is 2.40. The third-order valence-corrected chi connectivity index (χ3v) is 4.72. The largest absolute Gasteiger partial charge is 0.493 e. The third-order valence-electron chi connectivity index (χ3n) is 4.72. The average Bonchev–Trinajstić information content (AvgIpc) is 2.84. The second kappa shape index (κ2) is 9.22. The minimum absolute atomic E-state index is 0.0828. The summed E-state index contributed by atoms with van der Waals surface area (Å²) >= 11 is 0. The molecule has 4 aromatic rings. The Kier molecular flexibility index (Phi) is 6.00. The van der Waals surface area contributed by atoms with Crippen LogP contribution >= 0.6 is 0 Å². The number of fused-ring (bicyclic) bond motifs is 1. The van der Waals surface area contributed by atoms with Crippen LogP contribution in [0.3, 0.4) is 0 Å². The first-order valence-electron chi connectivity index (χ1n) is 9.71. The molecule has 14 nitrogen and oxygen atoms in total. The van der Waals surface area contributed by atoms with E-state index in [1.165, 1.54) is 25.3 Å². The van der Waals surface area contributed by atoms with Crippen LogP contribution in [0.1, 0.15) is 5.56 Å². The number of H-pyrrole nitrogens is 1. The Labute approximate surface area is 194 Å². The highest BCUT2D eigenvalue weighted by Gasteiger charge is 2.23. The number of ether oxygens (including phenoxy) is 2. The lowest BCUT2D eigenvalue weighted by atomic mass is 10.2. The van der Waals surface area contributed by atoms with Crippen molar-refractivity contribution in [1.82, 2.24) is 14.6 Å². The number of para-hydroxylation sites is 1. The fraction of sp³-hybridized carbons (Fsp3) is 0.0476. The van der Waals surface area contributed by atoms with Gasteiger partial charge in [-0.25, -0.2) is 9.78 Å². The SMILES string of the molecule is COc1cc(C=Nn2c(=O)[nH]c3ccccc3c2=O)cc([N+](=O)[O-])c1Oc1ccc([N+](=O)[O-])cn1. The van der Waals surface area contributed by atoms with Gasteiger partial charge in [0.15, 0.2) is 5.75 Å². The number of pyridine rings is 1. The van der Waals surface area contributed by atoms with Crippen molar-refractivity contribution in [3.05, 3.63) is 101 Å². The molecular formula is C21H14N6O8. The van der Waals surface area contributed by atoms with Gasteiger partial charge in [-0.3, -0.25) is 25.0 Å². The van der Waals surface area contributed by atoms with E-state index in [-0.39, 0.29) is 34.0 Å². The number of methoxy groups -OCH3 is 1. The molecule has 2 heterocycles. The smallest absolute Gasteiger partial charge is 0.349 e. The highest BCUT2D eigenvalue weighted by molar-refractivity contribution is 5.83. The number of nitrogens with one attached hydrogen (secondary N) is 1. The van der Waals surface area contributed by atoms with E-state index in [1.807, 2.05) is 0 Å². The van der Waals surface area contributed by atoms with Gasteiger partial charge in [0.25, 0.3) is 11.2 Å². The van der Waals surface area contributed by atoms with Crippen molar-refractivity contribution < 1.29 is 19.3 Å². The standard InChI is InChI=1S/C21H14N6O8/c1-34-17-9-12(10-23-25-20(28)14-4-2-3-5-15(14)24-21(25)29)8-16(27(32)33)19(17)35-18-7-6-13(11-22-18)26(30)31/h2-11H,1H3,(H,24,29). The Bertz CT molecular complexity index is 1610. The molecule has 4 rings (SSSR count). The van der Waals surface area contributed by atoms with Crippen molar-refractivity contribution in [1.29, 1.82) is 0 Å². The minimum Gasteiger partial charge on any atom is -0.493 e. The van der Waals surface area contributed by atoms with Crippen LogP contribution in [-0.2, 0) is 0 Å². The molecule has 2 aromatic heterocycles. The summed E-state index contributed by atoms with van der Waals surface area (Å²) in [6.45, 7) is 0. The Morgan fingerprint density at radius 3 is 2.51 bits per heavy atom. The van der Waals surface area contributed by atoms with Gasteiger partial charge in [-0.15, -0.1) is 4.68 Å². The van der Waals surface area contributed by atoms with Crippen LogP contribution in [0.15, 0.2) is 69.4 Å². The fourth-order valence-electron chi connectivity index (χ4n) is 3.10. The first-order valence-corrected chi connectivity index (χ1v) is 9.71. The molecule has 0 aliphatic carbocycles. The first kappa shape index (κ1) is 22.8. The molecule has 0 unspecified atom stereocenters. The lowest BCUT2D eigenvalue weighted by Crippen LogP contribution is -2.32. The molecule has 0 amide bonds. The number of benzene rings is 2. The number of nitrogens with zero attached hydrogens (tertiary/aromatic N) is 5. The number of rotatable bonds is 7. The number of nitro groups is 2. The van der Waals surface area contributed by atoms with Crippen molar-refractivity contribution >= 4 is 28.5 Å². The minimum atomic E-state index is -0.796. The molecule has 0 aliphatic heterocycles. The van der Waals surface area contributed by atoms with Gasteiger partial charge in [0.1, 0.15) is 6.20 Å². The first-order chi connectivity index (χ1) is 16.8. The zero-order valence-electron chi connectivity index (χ0n) is 17.8. The van der Waals surface area contributed by atoms with Gasteiger partial charge in [-0.1, -0.05) is 12.1 Å². The van der Waals surface area contributed by atoms with Gasteiger partial charge < -0.3 is 14.5 Å². The van der Waals surface area contributed by atoms with Gasteiger partial charge in [0.2, 0.25) is 11.6 Å². The zero-order valence-corrected chi connectivity index (χ0v) is 17.8. The Hall–Kier alpha value is -5.40. The summed E-state index contributed by atoms with van der Waals surface area (Å²) in [5.41, 5.74) is -1.83. The predicted molar refractivity (Wildman–Crippen MR) is 122 cm³/mol. The number of nitro benzene ring substituents is 1. The quantitative estimate of drug-likeness (QED) is 0.237. The molecule has 0 aliphatic rings. The van der Waals surface area contributed by atoms with E-state index in [2.05, 4.69) is 15.1 Å². The molecule has 176 valence electrons. The van der Waals surface area contributed by atoms with Gasteiger partial charge >= 0.3 is 11.4 Å². The Morgan fingerprint density at radius 2 is 1.86 bits per heavy atom. The summed E-state index contributed by atoms with van der Waals surface area (Å²) in [5.74, 6) is -0.537. The molecule has 1 N–H and O–H groups in total. The van der Waals surface area contributed by atoms with E-state index >= 15 is 0 Å². The second-order valence-electron chi connectivity index (χ2n) is 6.88. The molecule has 2 aromatic carbocycles. The third kappa shape index (κ3) is 4.56. The predicted octanol–water partition coefficient (Wildman–Crippen LogP) is 2.58. The lowest BCUT2D eigenvalue weighted by molar-refractivity contribution is -0.385. The number of hydrogen-bond acceptors (Lipinski definition) is 10. The average molecular weight is 478 g/mol. The van der Waals surface area contributed by atoms with Crippen molar-refractivity contribution in [2.45, 2.75) is 0 Å². The monoisotopic (exact) mass is 478 g/mol. The Morgan fingerprint density at radius 1 is 1.09 bits per heavy atom. The highest BCUT2D eigenvalue weighted by atomic mass is 16.6. The van der Waals surface area contributed by atoms with Crippen molar-refractivity contribution in [2.75, 3.05) is 7.11 Å². The number of aromatic nitrogens is 3. The summed E-state index contributed by atoms with van der Waals surface area (Å²) < 4.78 is 11.3. The van der Waals surface area contributed by atoms with Gasteiger partial charge in [0.05, 0.1) is 34.1 Å². The number of hydrogen-bond donors (Lipinski definition) is 1. The summed E-state index contributed by atoms with van der Waals surface area (Å²) in [6, 6.07) is 11.1. The number of aromatic amines is 1. The molecule has 0 saturated heterocycles. The maximum Gasteiger partial charge on any atom is 0.349 e. The molecule has 0 atom stereocenters. The van der Waals surface area contributed by atoms with Crippen LogP contribution in [0, 0.1) is 20.2 Å². The van der Waals surface area contributed by atoms with Crippen LogP contribution in [0.5, 0.6) is 17.4 Å². The van der Waals surface area contributed by atoms with Crippen LogP contribution in [-0.4, -0.2) is 37.8 Å². The maximum atomic E-state index is 12.6. The van der Waals surface area contributed by atoms with E-state index in [9.17, 15) is 29.8 Å². The maximum absolute atomic E-state index is 12.6. The lowest BCUT2D eigenvalue weighted by Gasteiger charge is -2.11. The van der Waals surface area contributed by atoms with Gasteiger partial charge in [-0.2, -0.15) is 5.10 Å². The van der Waals surface area contributed by atoms with E-state index in [0.717, 1.165) is 24.5 Å². The van der Waals surface area contributed by atoms with Gasteiger partial charge in [0, 0.05) is 23.8 Å². The van der Waals surface area contributed by atoms with Gasteiger partial charge in [-0.05, 0) is 18.2 Å². The van der Waals surface area contributed by atoms with E-state index in [0.29, 0.717) is 10.2 Å². The topological polar surface area (TPSA) is 185 Å². The fourth-order valence-corrected chi connectivity index (χ4v) is 3.10. The van der Waals surface area contributed by atoms with Crippen molar-refractivity contribution in [3.63, 3.8) is 0 Å². The van der Waals surface area contributed by atoms with Crippen LogP contribution in [0.25, 0.3) is 10.9 Å². The second-order valence-corrected chi connectivity index (χ2v) is 6.88. The summed E-state index contributed by atoms with van der Waals surface area (Å²) in [7, 11) is 1.24. The van der Waals surface area contributed by atoms with Crippen LogP contribution < -0.4 is 20.7 Å². The molecule has 0 fully saturated rings. The van der Waals surface area contributed by atoms with E-state index in [4.69, 9.17) is 9.47 Å². The van der Waals surface area contributed by atoms with Crippen molar-refractivity contribution in [3.8, 4) is 17.4 Å². The molecule has 0 spiro atoms. The van der Waals surface area contributed by atoms with E-state index in [1.54, 1.807) is 18.2 Å². The summed E-state index contributed by atoms with van der Waals surface area (Å²) in [6.07, 6.45) is 2.02. The normalized spacial score (nSPS) is 11.0.